The molecule has 1 amide bonds. The second-order valence-corrected chi connectivity index (χ2v) is 9.21. The standard InChI is InChI=1S/C25H27F3N4OS/c26-25(27,28)21-8-6-20(7-9-21)24-30-22(18-34-24)16-23(33)29-10-11-31-12-14-32(15-13-31)17-19-4-2-1-3-5-19/h1-9,18H,10-17H2,(H,29,33). The molecular weight excluding hydrogens is 461 g/mol. The van der Waals surface area contributed by atoms with Gasteiger partial charge in [0.15, 0.2) is 0 Å². The molecule has 0 unspecified atom stereocenters. The second-order valence-electron chi connectivity index (χ2n) is 8.35. The van der Waals surface area contributed by atoms with Crippen LogP contribution in [0.25, 0.3) is 10.6 Å². The molecule has 1 aliphatic rings. The van der Waals surface area contributed by atoms with Crippen LogP contribution in [0.4, 0.5) is 13.2 Å². The minimum atomic E-state index is -4.36. The van der Waals surface area contributed by atoms with E-state index >= 15 is 0 Å². The Kier molecular flexibility index (Phi) is 7.97. The third-order valence-electron chi connectivity index (χ3n) is 5.82. The van der Waals surface area contributed by atoms with Gasteiger partial charge in [-0.15, -0.1) is 11.3 Å². The molecule has 2 aromatic carbocycles. The summed E-state index contributed by atoms with van der Waals surface area (Å²) in [6, 6.07) is 15.4. The molecule has 1 saturated heterocycles. The number of nitrogens with one attached hydrogen (secondary N) is 1. The number of hydrogen-bond acceptors (Lipinski definition) is 5. The number of piperazine rings is 1. The SMILES string of the molecule is O=C(Cc1csc(-c2ccc(C(F)(F)F)cc2)n1)NCCN1CCN(Cc2ccccc2)CC1. The minimum absolute atomic E-state index is 0.105. The molecule has 5 nitrogen and oxygen atoms in total. The highest BCUT2D eigenvalue weighted by molar-refractivity contribution is 7.13. The highest BCUT2D eigenvalue weighted by Crippen LogP contribution is 2.31. The van der Waals surface area contributed by atoms with Crippen LogP contribution >= 0.6 is 11.3 Å². The molecular formula is C25H27F3N4OS. The van der Waals surface area contributed by atoms with Crippen LogP contribution in [0.3, 0.4) is 0 Å². The number of aromatic nitrogens is 1. The fourth-order valence-corrected chi connectivity index (χ4v) is 4.74. The van der Waals surface area contributed by atoms with Crippen LogP contribution in [0.1, 0.15) is 16.8 Å². The van der Waals surface area contributed by atoms with E-state index in [4.69, 9.17) is 0 Å². The normalized spacial score (nSPS) is 15.4. The van der Waals surface area contributed by atoms with Gasteiger partial charge in [-0.1, -0.05) is 42.5 Å². The van der Waals surface area contributed by atoms with Crippen molar-refractivity contribution < 1.29 is 18.0 Å². The third-order valence-corrected chi connectivity index (χ3v) is 6.76. The molecule has 0 saturated carbocycles. The largest absolute Gasteiger partial charge is 0.416 e. The van der Waals surface area contributed by atoms with E-state index in [-0.39, 0.29) is 12.3 Å². The first kappa shape index (κ1) is 24.4. The zero-order valence-electron chi connectivity index (χ0n) is 18.7. The molecule has 34 heavy (non-hydrogen) atoms. The average molecular weight is 489 g/mol. The zero-order chi connectivity index (χ0) is 24.0. The van der Waals surface area contributed by atoms with Crippen molar-refractivity contribution in [2.24, 2.45) is 0 Å². The summed E-state index contributed by atoms with van der Waals surface area (Å²) in [6.07, 6.45) is -4.21. The highest BCUT2D eigenvalue weighted by atomic mass is 32.1. The van der Waals surface area contributed by atoms with Crippen LogP contribution < -0.4 is 5.32 Å². The Morgan fingerprint density at radius 1 is 0.971 bits per heavy atom. The van der Waals surface area contributed by atoms with Crippen molar-refractivity contribution >= 4 is 17.2 Å². The number of amides is 1. The molecule has 1 fully saturated rings. The smallest absolute Gasteiger partial charge is 0.354 e. The monoisotopic (exact) mass is 488 g/mol. The van der Waals surface area contributed by atoms with E-state index in [0.717, 1.165) is 51.4 Å². The van der Waals surface area contributed by atoms with Crippen molar-refractivity contribution in [3.8, 4) is 10.6 Å². The van der Waals surface area contributed by atoms with E-state index in [1.165, 1.54) is 29.0 Å². The third kappa shape index (κ3) is 6.88. The first-order valence-corrected chi connectivity index (χ1v) is 12.1. The Morgan fingerprint density at radius 2 is 1.65 bits per heavy atom. The van der Waals surface area contributed by atoms with Crippen LogP contribution in [-0.4, -0.2) is 60.0 Å². The van der Waals surface area contributed by atoms with Crippen molar-refractivity contribution in [1.29, 1.82) is 0 Å². The molecule has 0 aliphatic carbocycles. The Bertz CT molecular complexity index is 1060. The van der Waals surface area contributed by atoms with Crippen LogP contribution in [0.15, 0.2) is 60.0 Å². The first-order valence-electron chi connectivity index (χ1n) is 11.2. The molecule has 3 aromatic rings. The fourth-order valence-electron chi connectivity index (χ4n) is 3.92. The molecule has 9 heteroatoms. The number of halogens is 3. The molecule has 0 atom stereocenters. The summed E-state index contributed by atoms with van der Waals surface area (Å²) in [4.78, 5) is 21.5. The number of alkyl halides is 3. The molecule has 1 aromatic heterocycles. The number of benzene rings is 2. The van der Waals surface area contributed by atoms with E-state index in [9.17, 15) is 18.0 Å². The van der Waals surface area contributed by atoms with E-state index < -0.39 is 11.7 Å². The molecule has 0 spiro atoms. The molecule has 1 aliphatic heterocycles. The molecule has 180 valence electrons. The van der Waals surface area contributed by atoms with Gasteiger partial charge in [-0.2, -0.15) is 13.2 Å². The van der Waals surface area contributed by atoms with Crippen molar-refractivity contribution in [3.63, 3.8) is 0 Å². The second kappa shape index (κ2) is 11.1. The Hall–Kier alpha value is -2.75. The summed E-state index contributed by atoms with van der Waals surface area (Å²) in [7, 11) is 0. The number of hydrogen-bond donors (Lipinski definition) is 1. The number of carbonyl (C=O) groups is 1. The van der Waals surface area contributed by atoms with Crippen LogP contribution in [-0.2, 0) is 23.9 Å². The van der Waals surface area contributed by atoms with E-state index in [1.807, 2.05) is 6.07 Å². The predicted octanol–water partition coefficient (Wildman–Crippen LogP) is 4.31. The van der Waals surface area contributed by atoms with Gasteiger partial charge in [0, 0.05) is 56.8 Å². The van der Waals surface area contributed by atoms with Gasteiger partial charge in [-0.3, -0.25) is 14.6 Å². The first-order chi connectivity index (χ1) is 16.4. The van der Waals surface area contributed by atoms with Crippen molar-refractivity contribution in [1.82, 2.24) is 20.1 Å². The van der Waals surface area contributed by atoms with Gasteiger partial charge in [0.25, 0.3) is 0 Å². The average Bonchev–Trinajstić information content (AvgIpc) is 3.29. The number of carbonyl (C=O) groups excluding carboxylic acids is 1. The summed E-state index contributed by atoms with van der Waals surface area (Å²) in [5, 5.41) is 5.33. The molecule has 0 radical (unpaired) electrons. The van der Waals surface area contributed by atoms with Crippen molar-refractivity contribution in [2.75, 3.05) is 39.3 Å². The molecule has 4 rings (SSSR count). The Morgan fingerprint density at radius 3 is 2.32 bits per heavy atom. The van der Waals surface area contributed by atoms with Crippen molar-refractivity contribution in [2.45, 2.75) is 19.1 Å². The summed E-state index contributed by atoms with van der Waals surface area (Å²) in [6.45, 7) is 6.32. The van der Waals surface area contributed by atoms with Gasteiger partial charge < -0.3 is 5.32 Å². The van der Waals surface area contributed by atoms with Crippen LogP contribution in [0.2, 0.25) is 0 Å². The Balaban J connectivity index is 1.16. The van der Waals surface area contributed by atoms with Gasteiger partial charge >= 0.3 is 6.18 Å². The summed E-state index contributed by atoms with van der Waals surface area (Å²) < 4.78 is 38.2. The lowest BCUT2D eigenvalue weighted by atomic mass is 10.1. The lowest BCUT2D eigenvalue weighted by Crippen LogP contribution is -2.48. The predicted molar refractivity (Wildman–Crippen MR) is 127 cm³/mol. The van der Waals surface area contributed by atoms with E-state index in [0.29, 0.717) is 22.8 Å². The number of nitrogens with zero attached hydrogens (tertiary/aromatic N) is 3. The maximum Gasteiger partial charge on any atom is 0.416 e. The maximum atomic E-state index is 12.7. The molecule has 0 bridgehead atoms. The minimum Gasteiger partial charge on any atom is -0.354 e. The van der Waals surface area contributed by atoms with Crippen LogP contribution in [0, 0.1) is 0 Å². The zero-order valence-corrected chi connectivity index (χ0v) is 19.5. The fraction of sp³-hybridized carbons (Fsp3) is 0.360. The van der Waals surface area contributed by atoms with Gasteiger partial charge in [0.05, 0.1) is 17.7 Å². The lowest BCUT2D eigenvalue weighted by Gasteiger charge is -2.34. The van der Waals surface area contributed by atoms with Gasteiger partial charge in [-0.05, 0) is 17.7 Å². The Labute approximate surface area is 201 Å². The van der Waals surface area contributed by atoms with Crippen LogP contribution in [0.5, 0.6) is 0 Å². The number of thiazole rings is 1. The lowest BCUT2D eigenvalue weighted by molar-refractivity contribution is -0.137. The maximum absolute atomic E-state index is 12.7. The summed E-state index contributed by atoms with van der Waals surface area (Å²) in [5.74, 6) is -0.105. The van der Waals surface area contributed by atoms with E-state index in [1.54, 1.807) is 5.38 Å². The quantitative estimate of drug-likeness (QED) is 0.514. The van der Waals surface area contributed by atoms with Crippen molar-refractivity contribution in [3.05, 3.63) is 76.8 Å². The molecule has 1 N–H and O–H groups in total. The highest BCUT2D eigenvalue weighted by Gasteiger charge is 2.30. The summed E-state index contributed by atoms with van der Waals surface area (Å²) in [5.41, 5.74) is 1.86. The van der Waals surface area contributed by atoms with Gasteiger partial charge in [-0.25, -0.2) is 4.98 Å². The number of rotatable bonds is 8. The van der Waals surface area contributed by atoms with E-state index in [2.05, 4.69) is 44.4 Å². The van der Waals surface area contributed by atoms with Gasteiger partial charge in [0.1, 0.15) is 5.01 Å². The summed E-state index contributed by atoms with van der Waals surface area (Å²) >= 11 is 1.32. The van der Waals surface area contributed by atoms with Gasteiger partial charge in [0.2, 0.25) is 5.91 Å². The molecule has 2 heterocycles. The topological polar surface area (TPSA) is 48.5 Å².